The molecular weight excluding hydrogens is 645 g/mol. The molecule has 1 heterocycles. The number of methoxy groups -OCH3 is 1. The number of amides is 3. The van der Waals surface area contributed by atoms with Crippen LogP contribution in [0, 0.1) is 5.92 Å². The molecule has 3 aromatic rings. The Hall–Kier alpha value is -4.65. The molecule has 14 nitrogen and oxygen atoms in total. The van der Waals surface area contributed by atoms with Crippen LogP contribution in [0.5, 0.6) is 11.5 Å². The number of hydroxylamine groups is 2. The average Bonchev–Trinajstić information content (AvgIpc) is 3.57. The Balaban J connectivity index is 1.69. The van der Waals surface area contributed by atoms with Crippen LogP contribution in [0.1, 0.15) is 73.8 Å². The minimum absolute atomic E-state index is 0.109. The van der Waals surface area contributed by atoms with E-state index in [1.165, 1.54) is 49.6 Å². The third-order valence-electron chi connectivity index (χ3n) is 7.45. The van der Waals surface area contributed by atoms with Crippen molar-refractivity contribution in [1.82, 2.24) is 15.7 Å². The highest BCUT2D eigenvalue weighted by Gasteiger charge is 2.33. The molecule has 4 N–H and O–H groups in total. The number of nitrogens with zero attached hydrogens (tertiary/aromatic N) is 1. The minimum atomic E-state index is -4.60. The SMILES string of the molecule is CCCCCC(C(=O)NCNC(=O)c1ccc(-c2cc(OCC)cc(P(=O)(O)O)c2)o1)[C@@H](CC)N(C=O)OC(=O)c1ccc(OC)cc1. The first kappa shape index (κ1) is 37.8. The fourth-order valence-corrected chi connectivity index (χ4v) is 5.59. The maximum Gasteiger partial charge on any atom is 0.363 e. The lowest BCUT2D eigenvalue weighted by Crippen LogP contribution is -2.49. The first-order valence-electron chi connectivity index (χ1n) is 15.6. The number of carbonyl (C=O) groups excluding carboxylic acids is 4. The molecule has 260 valence electrons. The molecule has 48 heavy (non-hydrogen) atoms. The van der Waals surface area contributed by atoms with Crippen LogP contribution in [0.25, 0.3) is 11.3 Å². The van der Waals surface area contributed by atoms with Crippen molar-refractivity contribution >= 4 is 37.1 Å². The number of unbranched alkanes of at least 4 members (excludes halogenated alkanes) is 2. The van der Waals surface area contributed by atoms with Crippen molar-refractivity contribution in [3.63, 3.8) is 0 Å². The number of hydrogen-bond donors (Lipinski definition) is 4. The van der Waals surface area contributed by atoms with Crippen LogP contribution in [-0.2, 0) is 19.0 Å². The maximum atomic E-state index is 13.4. The largest absolute Gasteiger partial charge is 0.497 e. The summed E-state index contributed by atoms with van der Waals surface area (Å²) in [5.74, 6) is -1.82. The number of hydrogen-bond acceptors (Lipinski definition) is 9. The monoisotopic (exact) mass is 687 g/mol. The van der Waals surface area contributed by atoms with Crippen molar-refractivity contribution < 1.29 is 52.3 Å². The Morgan fingerprint density at radius 3 is 2.31 bits per heavy atom. The van der Waals surface area contributed by atoms with E-state index in [2.05, 4.69) is 10.6 Å². The Morgan fingerprint density at radius 2 is 1.71 bits per heavy atom. The summed E-state index contributed by atoms with van der Waals surface area (Å²) in [6, 6.07) is 12.3. The summed E-state index contributed by atoms with van der Waals surface area (Å²) < 4.78 is 28.1. The predicted molar refractivity (Wildman–Crippen MR) is 175 cm³/mol. The van der Waals surface area contributed by atoms with Gasteiger partial charge in [0, 0.05) is 5.56 Å². The second-order valence-corrected chi connectivity index (χ2v) is 12.3. The van der Waals surface area contributed by atoms with E-state index < -0.39 is 37.3 Å². The van der Waals surface area contributed by atoms with E-state index in [1.807, 2.05) is 6.92 Å². The summed E-state index contributed by atoms with van der Waals surface area (Å²) in [5.41, 5.74) is 0.483. The number of benzene rings is 2. The summed E-state index contributed by atoms with van der Waals surface area (Å²) in [4.78, 5) is 75.9. The highest BCUT2D eigenvalue weighted by molar-refractivity contribution is 7.60. The van der Waals surface area contributed by atoms with E-state index in [4.69, 9.17) is 18.7 Å². The molecule has 3 rings (SSSR count). The number of carbonyl (C=O) groups is 4. The lowest BCUT2D eigenvalue weighted by Gasteiger charge is -2.31. The fourth-order valence-electron chi connectivity index (χ4n) is 4.99. The Kier molecular flexibility index (Phi) is 14.2. The van der Waals surface area contributed by atoms with Gasteiger partial charge in [-0.05, 0) is 74.4 Å². The highest BCUT2D eigenvalue weighted by atomic mass is 31.2. The molecule has 15 heteroatoms. The molecule has 2 aromatic carbocycles. The molecule has 0 fully saturated rings. The molecule has 0 radical (unpaired) electrons. The van der Waals surface area contributed by atoms with Crippen molar-refractivity contribution in [3.05, 3.63) is 65.9 Å². The topological polar surface area (TPSA) is 194 Å². The number of rotatable bonds is 19. The van der Waals surface area contributed by atoms with Crippen LogP contribution in [0.3, 0.4) is 0 Å². The summed E-state index contributed by atoms with van der Waals surface area (Å²) >= 11 is 0. The van der Waals surface area contributed by atoms with E-state index in [9.17, 15) is 33.5 Å². The highest BCUT2D eigenvalue weighted by Crippen LogP contribution is 2.37. The molecule has 3 amide bonds. The molecular formula is C33H42N3O11P. The van der Waals surface area contributed by atoms with Gasteiger partial charge >= 0.3 is 13.6 Å². The number of ether oxygens (including phenoxy) is 2. The van der Waals surface area contributed by atoms with Crippen LogP contribution in [-0.4, -0.2) is 65.5 Å². The molecule has 0 aliphatic heterocycles. The Labute approximate surface area is 278 Å². The van der Waals surface area contributed by atoms with E-state index in [-0.39, 0.29) is 41.4 Å². The zero-order valence-electron chi connectivity index (χ0n) is 27.3. The second-order valence-electron chi connectivity index (χ2n) is 10.7. The molecule has 0 bridgehead atoms. The molecule has 1 unspecified atom stereocenters. The van der Waals surface area contributed by atoms with Gasteiger partial charge in [0.15, 0.2) is 5.76 Å². The van der Waals surface area contributed by atoms with Crippen molar-refractivity contribution in [2.24, 2.45) is 5.92 Å². The van der Waals surface area contributed by atoms with Gasteiger partial charge in [-0.3, -0.25) is 18.9 Å². The van der Waals surface area contributed by atoms with Gasteiger partial charge in [0.25, 0.3) is 5.91 Å². The molecule has 0 saturated heterocycles. The van der Waals surface area contributed by atoms with Crippen molar-refractivity contribution in [2.75, 3.05) is 20.4 Å². The van der Waals surface area contributed by atoms with Crippen LogP contribution in [0.2, 0.25) is 0 Å². The Bertz CT molecular complexity index is 1590. The van der Waals surface area contributed by atoms with Crippen LogP contribution < -0.4 is 25.4 Å². The zero-order valence-corrected chi connectivity index (χ0v) is 28.2. The molecule has 2 atom stereocenters. The minimum Gasteiger partial charge on any atom is -0.497 e. The van der Waals surface area contributed by atoms with E-state index in [0.29, 0.717) is 37.0 Å². The third kappa shape index (κ3) is 10.4. The molecule has 0 aliphatic rings. The molecule has 0 aliphatic carbocycles. The summed E-state index contributed by atoms with van der Waals surface area (Å²) in [6.45, 7) is 5.50. The summed E-state index contributed by atoms with van der Waals surface area (Å²) in [5, 5.41) is 5.83. The van der Waals surface area contributed by atoms with Gasteiger partial charge in [-0.15, -0.1) is 0 Å². The van der Waals surface area contributed by atoms with Crippen molar-refractivity contribution in [3.8, 4) is 22.8 Å². The van der Waals surface area contributed by atoms with E-state index in [1.54, 1.807) is 26.0 Å². The standard InChI is InChI=1S/C33H42N3O11P/c1-5-8-9-10-27(28(6-2)36(21-37)47-33(40)22-11-13-24(44-4)14-12-22)31(38)34-20-35-32(39)30-16-15-29(46-30)23-17-25(45-7-3)19-26(18-23)48(41,42)43/h11-19,21,27-28H,5-10,20H2,1-4H3,(H,34,38)(H,35,39)(H2,41,42,43)/t27?,28-/m1/s1. The lowest BCUT2D eigenvalue weighted by atomic mass is 9.90. The normalized spacial score (nSPS) is 12.4. The van der Waals surface area contributed by atoms with Crippen LogP contribution in [0.15, 0.2) is 59.0 Å². The van der Waals surface area contributed by atoms with E-state index >= 15 is 0 Å². The average molecular weight is 688 g/mol. The first-order chi connectivity index (χ1) is 22.9. The lowest BCUT2D eigenvalue weighted by molar-refractivity contribution is -0.171. The molecule has 1 aromatic heterocycles. The number of nitrogens with one attached hydrogen (secondary N) is 2. The van der Waals surface area contributed by atoms with E-state index in [0.717, 1.165) is 17.9 Å². The quantitative estimate of drug-likeness (QED) is 0.0465. The fraction of sp³-hybridized carbons (Fsp3) is 0.394. The van der Waals surface area contributed by atoms with Crippen LogP contribution >= 0.6 is 7.60 Å². The van der Waals surface area contributed by atoms with Gasteiger partial charge in [0.05, 0.1) is 43.2 Å². The van der Waals surface area contributed by atoms with Gasteiger partial charge < -0.3 is 39.1 Å². The van der Waals surface area contributed by atoms with Gasteiger partial charge in [-0.2, -0.15) is 5.06 Å². The molecule has 0 spiro atoms. The van der Waals surface area contributed by atoms with Gasteiger partial charge in [0.2, 0.25) is 12.3 Å². The third-order valence-corrected chi connectivity index (χ3v) is 8.38. The maximum absolute atomic E-state index is 13.4. The Morgan fingerprint density at radius 1 is 0.979 bits per heavy atom. The summed E-state index contributed by atoms with van der Waals surface area (Å²) in [6.07, 6.45) is 3.49. The van der Waals surface area contributed by atoms with Gasteiger partial charge in [-0.25, -0.2) is 4.79 Å². The zero-order chi connectivity index (χ0) is 35.3. The summed E-state index contributed by atoms with van der Waals surface area (Å²) in [7, 11) is -3.11. The second kappa shape index (κ2) is 18.0. The van der Waals surface area contributed by atoms with Crippen LogP contribution in [0.4, 0.5) is 0 Å². The molecule has 0 saturated carbocycles. The van der Waals surface area contributed by atoms with Crippen molar-refractivity contribution in [2.45, 2.75) is 58.9 Å². The smallest absolute Gasteiger partial charge is 0.363 e. The van der Waals surface area contributed by atoms with Gasteiger partial charge in [0.1, 0.15) is 17.3 Å². The first-order valence-corrected chi connectivity index (χ1v) is 17.2. The predicted octanol–water partition coefficient (Wildman–Crippen LogP) is 4.17. The van der Waals surface area contributed by atoms with Crippen molar-refractivity contribution in [1.29, 1.82) is 0 Å². The van der Waals surface area contributed by atoms with Gasteiger partial charge in [-0.1, -0.05) is 33.1 Å². The number of furan rings is 1.